The van der Waals surface area contributed by atoms with Crippen LogP contribution < -0.4 is 15.8 Å². The number of nitrogens with two attached hydrogens (primary N) is 1. The molecule has 0 aliphatic heterocycles. The Morgan fingerprint density at radius 2 is 2.10 bits per heavy atom. The molecule has 0 fully saturated rings. The van der Waals surface area contributed by atoms with Crippen molar-refractivity contribution in [3.05, 3.63) is 46.4 Å². The maximum Gasteiger partial charge on any atom is 0.123 e. The maximum absolute atomic E-state index is 8.85. The predicted molar refractivity (Wildman–Crippen MR) is 84.2 cm³/mol. The molecule has 3 N–H and O–H groups in total. The minimum absolute atomic E-state index is 0.587. The number of nitrogen functional groups attached to an aromatic ring is 1. The van der Waals surface area contributed by atoms with Crippen molar-refractivity contribution in [2.45, 2.75) is 6.92 Å². The van der Waals surface area contributed by atoms with E-state index in [1.807, 2.05) is 25.1 Å². The molecule has 0 heterocycles. The topological polar surface area (TPSA) is 71.1 Å². The van der Waals surface area contributed by atoms with Crippen molar-refractivity contribution in [2.75, 3.05) is 17.7 Å². The van der Waals surface area contributed by atoms with Crippen molar-refractivity contribution in [1.82, 2.24) is 0 Å². The van der Waals surface area contributed by atoms with Crippen molar-refractivity contribution in [2.24, 2.45) is 0 Å². The van der Waals surface area contributed by atoms with Crippen molar-refractivity contribution in [3.8, 4) is 11.8 Å². The summed E-state index contributed by atoms with van der Waals surface area (Å²) in [7, 11) is 0. The van der Waals surface area contributed by atoms with E-state index in [1.54, 1.807) is 18.2 Å². The van der Waals surface area contributed by atoms with Gasteiger partial charge in [-0.05, 0) is 47.1 Å². The summed E-state index contributed by atoms with van der Waals surface area (Å²) in [4.78, 5) is 0. The monoisotopic (exact) mass is 331 g/mol. The SMILES string of the molecule is CCOc1cc(N)cc(Nc2ccc(C#N)cc2Br)c1. The molecule has 0 bridgehead atoms. The predicted octanol–water partition coefficient (Wildman–Crippen LogP) is 4.05. The number of hydrogen-bond donors (Lipinski definition) is 2. The average molecular weight is 332 g/mol. The van der Waals surface area contributed by atoms with E-state index in [0.717, 1.165) is 21.6 Å². The highest BCUT2D eigenvalue weighted by Gasteiger charge is 2.04. The van der Waals surface area contributed by atoms with E-state index in [0.29, 0.717) is 17.9 Å². The van der Waals surface area contributed by atoms with Gasteiger partial charge in [0.15, 0.2) is 0 Å². The van der Waals surface area contributed by atoms with Gasteiger partial charge in [-0.15, -0.1) is 0 Å². The number of ether oxygens (including phenoxy) is 1. The number of nitrogens with one attached hydrogen (secondary N) is 1. The standard InChI is InChI=1S/C15H14BrN3O/c1-2-20-13-7-11(18)6-12(8-13)19-15-4-3-10(9-17)5-14(15)16/h3-8,19H,2,18H2,1H3. The molecular weight excluding hydrogens is 318 g/mol. The van der Waals surface area contributed by atoms with Gasteiger partial charge in [0.25, 0.3) is 0 Å². The van der Waals surface area contributed by atoms with Crippen LogP contribution in [-0.4, -0.2) is 6.61 Å². The van der Waals surface area contributed by atoms with Crippen LogP contribution in [0.4, 0.5) is 17.1 Å². The Bertz CT molecular complexity index is 665. The summed E-state index contributed by atoms with van der Waals surface area (Å²) in [5.41, 5.74) is 8.77. The molecule has 20 heavy (non-hydrogen) atoms. The average Bonchev–Trinajstić information content (AvgIpc) is 2.41. The number of nitriles is 1. The van der Waals surface area contributed by atoms with E-state index < -0.39 is 0 Å². The molecule has 2 aromatic rings. The number of hydrogen-bond acceptors (Lipinski definition) is 4. The molecule has 0 saturated heterocycles. The summed E-state index contributed by atoms with van der Waals surface area (Å²) in [6.45, 7) is 2.51. The molecule has 4 nitrogen and oxygen atoms in total. The Morgan fingerprint density at radius 3 is 2.75 bits per heavy atom. The van der Waals surface area contributed by atoms with Gasteiger partial charge in [0.05, 0.1) is 23.9 Å². The summed E-state index contributed by atoms with van der Waals surface area (Å²) >= 11 is 3.44. The Labute approximate surface area is 126 Å². The van der Waals surface area contributed by atoms with Gasteiger partial charge < -0.3 is 15.8 Å². The molecule has 0 atom stereocenters. The lowest BCUT2D eigenvalue weighted by Crippen LogP contribution is -1.97. The van der Waals surface area contributed by atoms with Gasteiger partial charge in [-0.3, -0.25) is 0 Å². The first-order valence-electron chi connectivity index (χ1n) is 6.12. The third-order valence-corrected chi connectivity index (χ3v) is 3.27. The quantitative estimate of drug-likeness (QED) is 0.829. The van der Waals surface area contributed by atoms with Gasteiger partial charge in [0.1, 0.15) is 5.75 Å². The molecule has 0 amide bonds. The third-order valence-electron chi connectivity index (χ3n) is 2.62. The van der Waals surface area contributed by atoms with Crippen LogP contribution in [0.25, 0.3) is 0 Å². The van der Waals surface area contributed by atoms with E-state index >= 15 is 0 Å². The van der Waals surface area contributed by atoms with Crippen LogP contribution in [0.3, 0.4) is 0 Å². The van der Waals surface area contributed by atoms with Gasteiger partial charge in [0.2, 0.25) is 0 Å². The van der Waals surface area contributed by atoms with Crippen LogP contribution in [0.5, 0.6) is 5.75 Å². The van der Waals surface area contributed by atoms with Crippen LogP contribution in [0.15, 0.2) is 40.9 Å². The molecule has 0 aromatic heterocycles. The normalized spacial score (nSPS) is 9.85. The lowest BCUT2D eigenvalue weighted by Gasteiger charge is -2.12. The third kappa shape index (κ3) is 3.43. The van der Waals surface area contributed by atoms with Gasteiger partial charge >= 0.3 is 0 Å². The van der Waals surface area contributed by atoms with Crippen LogP contribution in [0.1, 0.15) is 12.5 Å². The number of rotatable bonds is 4. The molecule has 5 heteroatoms. The maximum atomic E-state index is 8.85. The smallest absolute Gasteiger partial charge is 0.123 e. The summed E-state index contributed by atoms with van der Waals surface area (Å²) in [5.74, 6) is 0.722. The van der Waals surface area contributed by atoms with E-state index in [1.165, 1.54) is 0 Å². The number of nitrogens with zero attached hydrogens (tertiary/aromatic N) is 1. The lowest BCUT2D eigenvalue weighted by atomic mass is 10.2. The van der Waals surface area contributed by atoms with Gasteiger partial charge in [-0.1, -0.05) is 0 Å². The van der Waals surface area contributed by atoms with Gasteiger partial charge in [0, 0.05) is 28.0 Å². The highest BCUT2D eigenvalue weighted by Crippen LogP contribution is 2.30. The second kappa shape index (κ2) is 6.31. The summed E-state index contributed by atoms with van der Waals surface area (Å²) in [5, 5.41) is 12.1. The summed E-state index contributed by atoms with van der Waals surface area (Å²) in [6.07, 6.45) is 0. The van der Waals surface area contributed by atoms with E-state index in [2.05, 4.69) is 27.3 Å². The molecule has 2 rings (SSSR count). The van der Waals surface area contributed by atoms with Crippen LogP contribution in [0.2, 0.25) is 0 Å². The molecule has 2 aromatic carbocycles. The fraction of sp³-hybridized carbons (Fsp3) is 0.133. The van der Waals surface area contributed by atoms with Crippen molar-refractivity contribution in [1.29, 1.82) is 5.26 Å². The fourth-order valence-corrected chi connectivity index (χ4v) is 2.26. The fourth-order valence-electron chi connectivity index (χ4n) is 1.79. The molecule has 0 spiro atoms. The zero-order chi connectivity index (χ0) is 14.5. The Hall–Kier alpha value is -2.19. The van der Waals surface area contributed by atoms with E-state index in [9.17, 15) is 0 Å². The number of anilines is 3. The second-order valence-electron chi connectivity index (χ2n) is 4.16. The number of halogens is 1. The first-order valence-corrected chi connectivity index (χ1v) is 6.91. The summed E-state index contributed by atoms with van der Waals surface area (Å²) in [6, 6.07) is 12.9. The van der Waals surface area contributed by atoms with Crippen molar-refractivity contribution in [3.63, 3.8) is 0 Å². The van der Waals surface area contributed by atoms with E-state index in [-0.39, 0.29) is 0 Å². The molecule has 0 saturated carbocycles. The zero-order valence-corrected chi connectivity index (χ0v) is 12.6. The van der Waals surface area contributed by atoms with Crippen LogP contribution >= 0.6 is 15.9 Å². The molecular formula is C15H14BrN3O. The lowest BCUT2D eigenvalue weighted by molar-refractivity contribution is 0.340. The minimum atomic E-state index is 0.587. The minimum Gasteiger partial charge on any atom is -0.494 e. The summed E-state index contributed by atoms with van der Waals surface area (Å²) < 4.78 is 6.27. The van der Waals surface area contributed by atoms with Crippen molar-refractivity contribution >= 4 is 33.0 Å². The molecule has 0 unspecified atom stereocenters. The largest absolute Gasteiger partial charge is 0.494 e. The zero-order valence-electron chi connectivity index (χ0n) is 11.0. The van der Waals surface area contributed by atoms with Crippen molar-refractivity contribution < 1.29 is 4.74 Å². The molecule has 102 valence electrons. The van der Waals surface area contributed by atoms with Crippen LogP contribution in [-0.2, 0) is 0 Å². The van der Waals surface area contributed by atoms with Crippen LogP contribution in [0, 0.1) is 11.3 Å². The Balaban J connectivity index is 2.28. The molecule has 0 aliphatic carbocycles. The van der Waals surface area contributed by atoms with E-state index in [4.69, 9.17) is 15.7 Å². The highest BCUT2D eigenvalue weighted by molar-refractivity contribution is 9.10. The molecule has 0 aliphatic rings. The Morgan fingerprint density at radius 1 is 1.30 bits per heavy atom. The van der Waals surface area contributed by atoms with Gasteiger partial charge in [-0.2, -0.15) is 5.26 Å². The number of benzene rings is 2. The first-order chi connectivity index (χ1) is 9.62. The second-order valence-corrected chi connectivity index (χ2v) is 5.01. The first kappa shape index (κ1) is 14.2. The van der Waals surface area contributed by atoms with Gasteiger partial charge in [-0.25, -0.2) is 0 Å². The molecule has 0 radical (unpaired) electrons. The highest BCUT2D eigenvalue weighted by atomic mass is 79.9. The Kier molecular flexibility index (Phi) is 4.49.